The maximum Gasteiger partial charge on any atom is 0.225 e. The Hall–Kier alpha value is -1.16. The number of hydrogen-bond donors (Lipinski definition) is 0. The van der Waals surface area contributed by atoms with Crippen LogP contribution in [0.25, 0.3) is 0 Å². The maximum absolute atomic E-state index is 5.77. The van der Waals surface area contributed by atoms with Crippen molar-refractivity contribution in [2.45, 2.75) is 46.3 Å². The fourth-order valence-electron chi connectivity index (χ4n) is 2.75. The molecule has 2 unspecified atom stereocenters. The number of anilines is 1. The molecule has 1 heterocycles. The van der Waals surface area contributed by atoms with E-state index in [1.165, 1.54) is 0 Å². The lowest BCUT2D eigenvalue weighted by atomic mass is 9.64. The van der Waals surface area contributed by atoms with Gasteiger partial charge >= 0.3 is 0 Å². The Labute approximate surface area is 109 Å². The molecule has 0 aliphatic heterocycles. The molecular formula is C14H23N3O. The van der Waals surface area contributed by atoms with Crippen molar-refractivity contribution >= 4 is 5.95 Å². The fourth-order valence-corrected chi connectivity index (χ4v) is 2.75. The lowest BCUT2D eigenvalue weighted by Crippen LogP contribution is -2.61. The van der Waals surface area contributed by atoms with Gasteiger partial charge in [0.1, 0.15) is 0 Å². The van der Waals surface area contributed by atoms with Crippen molar-refractivity contribution in [3.8, 4) is 0 Å². The Kier molecular flexibility index (Phi) is 3.57. The zero-order chi connectivity index (χ0) is 13.3. The van der Waals surface area contributed by atoms with E-state index < -0.39 is 0 Å². The highest BCUT2D eigenvalue weighted by atomic mass is 16.5. The first-order valence-electron chi connectivity index (χ1n) is 6.61. The normalized spacial score (nSPS) is 25.6. The van der Waals surface area contributed by atoms with Crippen LogP contribution in [0.1, 0.15) is 32.9 Å². The summed E-state index contributed by atoms with van der Waals surface area (Å²) in [4.78, 5) is 11.0. The summed E-state index contributed by atoms with van der Waals surface area (Å²) in [6.45, 7) is 9.35. The summed E-state index contributed by atoms with van der Waals surface area (Å²) in [6, 6.07) is 2.36. The van der Waals surface area contributed by atoms with Gasteiger partial charge in [-0.3, -0.25) is 0 Å². The first-order chi connectivity index (χ1) is 8.46. The predicted octanol–water partition coefficient (Wildman–Crippen LogP) is 2.42. The van der Waals surface area contributed by atoms with Crippen molar-refractivity contribution < 1.29 is 4.74 Å². The molecule has 0 aromatic carbocycles. The molecule has 0 bridgehead atoms. The molecule has 2 rings (SSSR count). The van der Waals surface area contributed by atoms with Gasteiger partial charge in [0.25, 0.3) is 0 Å². The van der Waals surface area contributed by atoms with Crippen LogP contribution in [-0.2, 0) is 4.74 Å². The first kappa shape index (κ1) is 13.3. The summed E-state index contributed by atoms with van der Waals surface area (Å²) in [7, 11) is 2.07. The minimum atomic E-state index is 0.151. The van der Waals surface area contributed by atoms with E-state index in [1.807, 2.05) is 19.2 Å². The van der Waals surface area contributed by atoms with Crippen LogP contribution in [0, 0.1) is 12.3 Å². The first-order valence-corrected chi connectivity index (χ1v) is 6.61. The highest BCUT2D eigenvalue weighted by molar-refractivity contribution is 5.34. The Balaban J connectivity index is 2.10. The van der Waals surface area contributed by atoms with E-state index in [9.17, 15) is 0 Å². The van der Waals surface area contributed by atoms with Crippen molar-refractivity contribution in [2.75, 3.05) is 18.6 Å². The van der Waals surface area contributed by atoms with E-state index in [0.717, 1.165) is 24.7 Å². The molecule has 0 spiro atoms. The zero-order valence-electron chi connectivity index (χ0n) is 12.0. The second-order valence-electron chi connectivity index (χ2n) is 5.63. The lowest BCUT2D eigenvalue weighted by molar-refractivity contribution is -0.105. The van der Waals surface area contributed by atoms with Gasteiger partial charge in [0.05, 0.1) is 6.10 Å². The van der Waals surface area contributed by atoms with Gasteiger partial charge in [-0.15, -0.1) is 0 Å². The van der Waals surface area contributed by atoms with Gasteiger partial charge in [0.2, 0.25) is 5.95 Å². The van der Waals surface area contributed by atoms with Crippen LogP contribution in [0.15, 0.2) is 12.3 Å². The molecule has 1 aliphatic rings. The van der Waals surface area contributed by atoms with Gasteiger partial charge in [-0.2, -0.15) is 0 Å². The standard InChI is InChI=1S/C14H23N3O/c1-6-18-12-9-11(14(12,3)4)17(5)13-15-8-7-10(2)16-13/h7-8,11-12H,6,9H2,1-5H3. The predicted molar refractivity (Wildman–Crippen MR) is 72.8 cm³/mol. The Morgan fingerprint density at radius 1 is 1.50 bits per heavy atom. The third-order valence-corrected chi connectivity index (χ3v) is 4.06. The average Bonchev–Trinajstić information content (AvgIpc) is 2.33. The monoisotopic (exact) mass is 249 g/mol. The van der Waals surface area contributed by atoms with Crippen molar-refractivity contribution in [3.63, 3.8) is 0 Å². The molecular weight excluding hydrogens is 226 g/mol. The van der Waals surface area contributed by atoms with Crippen LogP contribution in [0.5, 0.6) is 0 Å². The molecule has 4 heteroatoms. The number of nitrogens with zero attached hydrogens (tertiary/aromatic N) is 3. The van der Waals surface area contributed by atoms with Gasteiger partial charge in [-0.25, -0.2) is 9.97 Å². The summed E-state index contributed by atoms with van der Waals surface area (Å²) >= 11 is 0. The molecule has 2 atom stereocenters. The summed E-state index contributed by atoms with van der Waals surface area (Å²) in [5.41, 5.74) is 1.16. The molecule has 0 radical (unpaired) electrons. The maximum atomic E-state index is 5.77. The van der Waals surface area contributed by atoms with Gasteiger partial charge in [-0.05, 0) is 26.3 Å². The Bertz CT molecular complexity index is 419. The summed E-state index contributed by atoms with van der Waals surface area (Å²) in [5, 5.41) is 0. The number of aryl methyl sites for hydroxylation is 1. The van der Waals surface area contributed by atoms with Crippen LogP contribution < -0.4 is 4.90 Å². The van der Waals surface area contributed by atoms with Gasteiger partial charge < -0.3 is 9.64 Å². The molecule has 100 valence electrons. The summed E-state index contributed by atoms with van der Waals surface area (Å²) < 4.78 is 5.77. The van der Waals surface area contributed by atoms with E-state index in [0.29, 0.717) is 12.1 Å². The molecule has 1 aromatic heterocycles. The molecule has 0 saturated heterocycles. The SMILES string of the molecule is CCOC1CC(N(C)c2nccc(C)n2)C1(C)C. The molecule has 1 aliphatic carbocycles. The average molecular weight is 249 g/mol. The molecule has 1 fully saturated rings. The number of hydrogen-bond acceptors (Lipinski definition) is 4. The van der Waals surface area contributed by atoms with E-state index >= 15 is 0 Å². The third-order valence-electron chi connectivity index (χ3n) is 4.06. The number of aromatic nitrogens is 2. The molecule has 0 N–H and O–H groups in total. The largest absolute Gasteiger partial charge is 0.378 e. The van der Waals surface area contributed by atoms with E-state index in [4.69, 9.17) is 4.74 Å². The zero-order valence-corrected chi connectivity index (χ0v) is 12.0. The van der Waals surface area contributed by atoms with Crippen LogP contribution in [-0.4, -0.2) is 35.8 Å². The molecule has 18 heavy (non-hydrogen) atoms. The highest BCUT2D eigenvalue weighted by Gasteiger charge is 2.51. The fraction of sp³-hybridized carbons (Fsp3) is 0.714. The van der Waals surface area contributed by atoms with E-state index in [2.05, 4.69) is 42.7 Å². The second-order valence-corrected chi connectivity index (χ2v) is 5.63. The van der Waals surface area contributed by atoms with Crippen molar-refractivity contribution in [1.29, 1.82) is 0 Å². The van der Waals surface area contributed by atoms with Gasteiger partial charge in [0.15, 0.2) is 0 Å². The van der Waals surface area contributed by atoms with Gasteiger partial charge in [-0.1, -0.05) is 13.8 Å². The van der Waals surface area contributed by atoms with E-state index in [1.54, 1.807) is 0 Å². The molecule has 0 amide bonds. The van der Waals surface area contributed by atoms with E-state index in [-0.39, 0.29) is 5.41 Å². The van der Waals surface area contributed by atoms with Crippen LogP contribution in [0.2, 0.25) is 0 Å². The smallest absolute Gasteiger partial charge is 0.225 e. The van der Waals surface area contributed by atoms with Crippen molar-refractivity contribution in [1.82, 2.24) is 9.97 Å². The molecule has 4 nitrogen and oxygen atoms in total. The number of rotatable bonds is 4. The molecule has 1 aromatic rings. The minimum Gasteiger partial charge on any atom is -0.378 e. The van der Waals surface area contributed by atoms with Crippen LogP contribution >= 0.6 is 0 Å². The summed E-state index contributed by atoms with van der Waals surface area (Å²) in [6.07, 6.45) is 3.22. The van der Waals surface area contributed by atoms with Crippen molar-refractivity contribution in [2.24, 2.45) is 5.41 Å². The topological polar surface area (TPSA) is 38.2 Å². The molecule has 1 saturated carbocycles. The Morgan fingerprint density at radius 3 is 2.78 bits per heavy atom. The lowest BCUT2D eigenvalue weighted by Gasteiger charge is -2.54. The minimum absolute atomic E-state index is 0.151. The van der Waals surface area contributed by atoms with Crippen LogP contribution in [0.3, 0.4) is 0 Å². The number of ether oxygens (including phenoxy) is 1. The quantitative estimate of drug-likeness (QED) is 0.821. The third kappa shape index (κ3) is 2.21. The van der Waals surface area contributed by atoms with Gasteiger partial charge in [0, 0.05) is 37.0 Å². The summed E-state index contributed by atoms with van der Waals surface area (Å²) in [5.74, 6) is 0.808. The van der Waals surface area contributed by atoms with Crippen LogP contribution in [0.4, 0.5) is 5.95 Å². The Morgan fingerprint density at radius 2 is 2.22 bits per heavy atom. The van der Waals surface area contributed by atoms with Crippen molar-refractivity contribution in [3.05, 3.63) is 18.0 Å². The second kappa shape index (κ2) is 4.84. The highest BCUT2D eigenvalue weighted by Crippen LogP contribution is 2.45.